The normalized spacial score (nSPS) is 24.5. The van der Waals surface area contributed by atoms with Crippen molar-refractivity contribution in [1.82, 2.24) is 20.3 Å². The van der Waals surface area contributed by atoms with Gasteiger partial charge in [0.2, 0.25) is 0 Å². The van der Waals surface area contributed by atoms with Crippen LogP contribution in [0.2, 0.25) is 0 Å². The monoisotopic (exact) mass is 242 g/mol. The number of halogens is 1. The summed E-state index contributed by atoms with van der Waals surface area (Å²) in [6.07, 6.45) is 2.48. The maximum atomic E-state index is 14.4. The molecule has 5 nitrogen and oxygen atoms in total. The first-order chi connectivity index (χ1) is 8.05. The summed E-state index contributed by atoms with van der Waals surface area (Å²) in [6.45, 7) is 3.70. The summed E-state index contributed by atoms with van der Waals surface area (Å²) in [5.74, 6) is 0. The summed E-state index contributed by atoms with van der Waals surface area (Å²) in [4.78, 5) is 0. The Balaban J connectivity index is 1.88. The Bertz CT molecular complexity index is 360. The first-order valence-corrected chi connectivity index (χ1v) is 5.90. The number of hydrogen-bond acceptors (Lipinski definition) is 4. The van der Waals surface area contributed by atoms with E-state index in [9.17, 15) is 4.39 Å². The average molecular weight is 242 g/mol. The van der Waals surface area contributed by atoms with Gasteiger partial charge in [0.1, 0.15) is 5.67 Å². The fourth-order valence-corrected chi connectivity index (χ4v) is 2.19. The number of nitrogens with zero attached hydrogens (tertiary/aromatic N) is 3. The van der Waals surface area contributed by atoms with E-state index in [0.717, 1.165) is 6.54 Å². The minimum absolute atomic E-state index is 0.0930. The van der Waals surface area contributed by atoms with Crippen LogP contribution >= 0.6 is 0 Å². The quantitative estimate of drug-likeness (QED) is 0.833. The van der Waals surface area contributed by atoms with E-state index >= 15 is 0 Å². The summed E-state index contributed by atoms with van der Waals surface area (Å²) in [5.41, 5.74) is -0.594. The number of nitrogens with one attached hydrogen (secondary N) is 1. The first kappa shape index (κ1) is 12.4. The molecule has 2 rings (SSSR count). The molecule has 1 fully saturated rings. The zero-order valence-corrected chi connectivity index (χ0v) is 10.3. The molecular formula is C11H19FN4O. The maximum absolute atomic E-state index is 14.4. The molecule has 0 spiro atoms. The lowest BCUT2D eigenvalue weighted by atomic mass is 9.94. The Morgan fingerprint density at radius 3 is 3.12 bits per heavy atom. The van der Waals surface area contributed by atoms with Gasteiger partial charge in [-0.25, -0.2) is 4.39 Å². The molecule has 1 saturated heterocycles. The third kappa shape index (κ3) is 3.74. The van der Waals surface area contributed by atoms with E-state index in [1.807, 2.05) is 0 Å². The molecule has 1 aliphatic rings. The summed E-state index contributed by atoms with van der Waals surface area (Å²) in [6, 6.07) is 0.0930. The predicted octanol–water partition coefficient (Wildman–Crippen LogP) is 0.464. The fourth-order valence-electron chi connectivity index (χ4n) is 2.19. The molecule has 0 amide bonds. The molecule has 2 heterocycles. The number of alkyl halides is 1. The van der Waals surface area contributed by atoms with Crippen molar-refractivity contribution in [1.29, 1.82) is 0 Å². The molecule has 96 valence electrons. The minimum atomic E-state index is -1.28. The van der Waals surface area contributed by atoms with Crippen LogP contribution in [0.4, 0.5) is 4.39 Å². The van der Waals surface area contributed by atoms with Crippen LogP contribution in [0, 0.1) is 0 Å². The van der Waals surface area contributed by atoms with Gasteiger partial charge in [-0.15, -0.1) is 5.10 Å². The van der Waals surface area contributed by atoms with Crippen LogP contribution in [0.15, 0.2) is 6.20 Å². The van der Waals surface area contributed by atoms with Gasteiger partial charge < -0.3 is 10.1 Å². The number of aryl methyl sites for hydroxylation is 1. The van der Waals surface area contributed by atoms with Crippen molar-refractivity contribution in [2.45, 2.75) is 31.5 Å². The molecule has 1 aliphatic heterocycles. The Morgan fingerprint density at radius 2 is 2.53 bits per heavy atom. The first-order valence-electron chi connectivity index (χ1n) is 5.90. The molecule has 0 aromatic carbocycles. The number of morpholine rings is 1. The van der Waals surface area contributed by atoms with E-state index in [4.69, 9.17) is 4.74 Å². The van der Waals surface area contributed by atoms with Crippen LogP contribution in [-0.4, -0.2) is 46.5 Å². The van der Waals surface area contributed by atoms with E-state index in [0.29, 0.717) is 31.7 Å². The molecule has 17 heavy (non-hydrogen) atoms. The van der Waals surface area contributed by atoms with Crippen LogP contribution in [0.1, 0.15) is 19.0 Å². The zero-order valence-electron chi connectivity index (χ0n) is 10.3. The Kier molecular flexibility index (Phi) is 3.73. The Hall–Kier alpha value is -1.01. The fraction of sp³-hybridized carbons (Fsp3) is 0.818. The van der Waals surface area contributed by atoms with Crippen molar-refractivity contribution in [2.24, 2.45) is 7.05 Å². The largest absolute Gasteiger partial charge is 0.379 e. The topological polar surface area (TPSA) is 52.0 Å². The highest BCUT2D eigenvalue weighted by Crippen LogP contribution is 2.23. The Labute approximate surface area is 100 Å². The summed E-state index contributed by atoms with van der Waals surface area (Å²) in [5, 5.41) is 11.0. The van der Waals surface area contributed by atoms with Gasteiger partial charge in [0.05, 0.1) is 18.9 Å². The minimum Gasteiger partial charge on any atom is -0.379 e. The lowest BCUT2D eigenvalue weighted by Gasteiger charge is -2.29. The van der Waals surface area contributed by atoms with Crippen LogP contribution < -0.4 is 5.32 Å². The van der Waals surface area contributed by atoms with E-state index in [-0.39, 0.29) is 6.04 Å². The number of ether oxygens (including phenoxy) is 1. The zero-order chi connectivity index (χ0) is 12.3. The molecule has 1 aromatic rings. The Morgan fingerprint density at radius 1 is 1.71 bits per heavy atom. The average Bonchev–Trinajstić information content (AvgIpc) is 2.63. The van der Waals surface area contributed by atoms with Crippen molar-refractivity contribution >= 4 is 0 Å². The van der Waals surface area contributed by atoms with Crippen molar-refractivity contribution in [3.63, 3.8) is 0 Å². The predicted molar refractivity (Wildman–Crippen MR) is 61.4 cm³/mol. The molecule has 0 saturated carbocycles. The number of rotatable bonds is 4. The molecule has 0 aliphatic carbocycles. The van der Waals surface area contributed by atoms with Crippen molar-refractivity contribution in [2.75, 3.05) is 19.8 Å². The van der Waals surface area contributed by atoms with Crippen LogP contribution in [0.25, 0.3) is 0 Å². The van der Waals surface area contributed by atoms with Crippen LogP contribution in [-0.2, 0) is 18.2 Å². The van der Waals surface area contributed by atoms with Gasteiger partial charge in [-0.3, -0.25) is 4.68 Å². The van der Waals surface area contributed by atoms with Gasteiger partial charge in [0.15, 0.2) is 0 Å². The van der Waals surface area contributed by atoms with Gasteiger partial charge >= 0.3 is 0 Å². The smallest absolute Gasteiger partial charge is 0.115 e. The number of aromatic nitrogens is 3. The highest BCUT2D eigenvalue weighted by molar-refractivity contribution is 4.99. The van der Waals surface area contributed by atoms with Crippen LogP contribution in [0.5, 0.6) is 0 Å². The van der Waals surface area contributed by atoms with Crippen molar-refractivity contribution in [3.05, 3.63) is 11.9 Å². The third-order valence-electron chi connectivity index (χ3n) is 2.87. The van der Waals surface area contributed by atoms with Gasteiger partial charge in [-0.2, -0.15) is 0 Å². The second-order valence-corrected chi connectivity index (χ2v) is 4.90. The molecule has 0 bridgehead atoms. The number of hydrogen-bond donors (Lipinski definition) is 1. The van der Waals surface area contributed by atoms with E-state index < -0.39 is 5.67 Å². The second-order valence-electron chi connectivity index (χ2n) is 4.90. The van der Waals surface area contributed by atoms with Gasteiger partial charge in [-0.05, 0) is 13.3 Å². The highest BCUT2D eigenvalue weighted by Gasteiger charge is 2.30. The summed E-state index contributed by atoms with van der Waals surface area (Å²) < 4.78 is 21.3. The van der Waals surface area contributed by atoms with Crippen molar-refractivity contribution in [3.8, 4) is 0 Å². The molecule has 1 aromatic heterocycles. The molecule has 2 unspecified atom stereocenters. The van der Waals surface area contributed by atoms with Crippen molar-refractivity contribution < 1.29 is 9.13 Å². The van der Waals surface area contributed by atoms with E-state index in [2.05, 4.69) is 15.6 Å². The van der Waals surface area contributed by atoms with Gasteiger partial charge in [0, 0.05) is 32.3 Å². The molecule has 2 atom stereocenters. The standard InChI is InChI=1S/C11H19FN4O/c1-11(12,5-9-7-16(2)15-14-9)6-10-8-17-4-3-13-10/h7,10,13H,3-6,8H2,1-2H3. The summed E-state index contributed by atoms with van der Waals surface area (Å²) >= 11 is 0. The van der Waals surface area contributed by atoms with E-state index in [1.54, 1.807) is 24.9 Å². The lowest BCUT2D eigenvalue weighted by molar-refractivity contribution is 0.0481. The van der Waals surface area contributed by atoms with Crippen LogP contribution in [0.3, 0.4) is 0 Å². The maximum Gasteiger partial charge on any atom is 0.115 e. The highest BCUT2D eigenvalue weighted by atomic mass is 19.1. The lowest BCUT2D eigenvalue weighted by Crippen LogP contribution is -2.45. The SMILES string of the molecule is Cn1cc(CC(C)(F)CC2COCCN2)nn1. The molecular weight excluding hydrogens is 223 g/mol. The molecule has 0 radical (unpaired) electrons. The van der Waals surface area contributed by atoms with Gasteiger partial charge in [-0.1, -0.05) is 5.21 Å². The second kappa shape index (κ2) is 5.10. The van der Waals surface area contributed by atoms with E-state index in [1.165, 1.54) is 0 Å². The molecule has 1 N–H and O–H groups in total. The third-order valence-corrected chi connectivity index (χ3v) is 2.87. The summed E-state index contributed by atoms with van der Waals surface area (Å²) in [7, 11) is 1.78. The van der Waals surface area contributed by atoms with Gasteiger partial charge in [0.25, 0.3) is 0 Å². The molecule has 6 heteroatoms.